The smallest absolute Gasteiger partial charge is 0.311 e. The van der Waals surface area contributed by atoms with Crippen LogP contribution in [-0.4, -0.2) is 52.2 Å². The molecule has 1 aromatic heterocycles. The molecular weight excluding hydrogens is 271 g/mol. The third-order valence-electron chi connectivity index (χ3n) is 2.81. The van der Waals surface area contributed by atoms with Gasteiger partial charge in [0, 0.05) is 19.3 Å². The van der Waals surface area contributed by atoms with Gasteiger partial charge in [-0.3, -0.25) is 9.58 Å². The second-order valence-electron chi connectivity index (χ2n) is 4.63. The fourth-order valence-corrected chi connectivity index (χ4v) is 1.77. The molecule has 20 heavy (non-hydrogen) atoms. The molecule has 1 rings (SSSR count). The number of rotatable bonds is 9. The van der Waals surface area contributed by atoms with E-state index >= 15 is 0 Å². The van der Waals surface area contributed by atoms with Gasteiger partial charge in [-0.15, -0.1) is 5.10 Å². The van der Waals surface area contributed by atoms with Crippen LogP contribution in [0, 0.1) is 0 Å². The van der Waals surface area contributed by atoms with E-state index in [-0.39, 0.29) is 0 Å². The lowest BCUT2D eigenvalue weighted by Crippen LogP contribution is -2.36. The Morgan fingerprint density at radius 3 is 2.70 bits per heavy atom. The number of likely N-dealkylation sites (N-methyl/N-ethyl adjacent to an activating group) is 1. The number of hydrogen-bond acceptors (Lipinski definition) is 4. The van der Waals surface area contributed by atoms with Gasteiger partial charge < -0.3 is 5.32 Å². The van der Waals surface area contributed by atoms with Gasteiger partial charge in [0.25, 0.3) is 0 Å². The van der Waals surface area contributed by atoms with Crippen molar-refractivity contribution in [1.29, 1.82) is 0 Å². The second-order valence-corrected chi connectivity index (χ2v) is 4.63. The van der Waals surface area contributed by atoms with E-state index in [4.69, 9.17) is 0 Å². The van der Waals surface area contributed by atoms with Gasteiger partial charge in [0.1, 0.15) is 0 Å². The molecule has 0 atom stereocenters. The largest absolute Gasteiger partial charge is 0.401 e. The highest BCUT2D eigenvalue weighted by molar-refractivity contribution is 4.91. The number of alkyl halides is 3. The highest BCUT2D eigenvalue weighted by Gasteiger charge is 2.29. The summed E-state index contributed by atoms with van der Waals surface area (Å²) in [5.41, 5.74) is 0.803. The number of aromatic nitrogens is 3. The van der Waals surface area contributed by atoms with Gasteiger partial charge in [-0.25, -0.2) is 0 Å². The topological polar surface area (TPSA) is 46.0 Å². The Labute approximate surface area is 117 Å². The van der Waals surface area contributed by atoms with Crippen LogP contribution in [0.3, 0.4) is 0 Å². The molecule has 0 spiro atoms. The average Bonchev–Trinajstić information content (AvgIpc) is 2.81. The molecule has 0 saturated carbocycles. The summed E-state index contributed by atoms with van der Waals surface area (Å²) < 4.78 is 38.5. The van der Waals surface area contributed by atoms with Crippen molar-refractivity contribution in [3.8, 4) is 0 Å². The van der Waals surface area contributed by atoms with Gasteiger partial charge in [0.05, 0.1) is 18.8 Å². The minimum atomic E-state index is -4.16. The van der Waals surface area contributed by atoms with E-state index in [1.807, 2.05) is 0 Å². The Hall–Kier alpha value is -1.15. The molecule has 0 unspecified atom stereocenters. The zero-order valence-corrected chi connectivity index (χ0v) is 11.9. The molecule has 1 aromatic rings. The Bertz CT molecular complexity index is 377. The maximum absolute atomic E-state index is 12.3. The molecule has 1 heterocycles. The maximum Gasteiger partial charge on any atom is 0.401 e. The molecule has 1 N–H and O–H groups in total. The lowest BCUT2D eigenvalue weighted by molar-refractivity contribution is -0.145. The zero-order chi connectivity index (χ0) is 15.0. The summed E-state index contributed by atoms with van der Waals surface area (Å²) in [7, 11) is 0. The molecule has 116 valence electrons. The quantitative estimate of drug-likeness (QED) is 0.703. The van der Waals surface area contributed by atoms with Crippen molar-refractivity contribution >= 4 is 0 Å². The number of hydrogen-bond donors (Lipinski definition) is 1. The lowest BCUT2D eigenvalue weighted by Gasteiger charge is -2.21. The van der Waals surface area contributed by atoms with Crippen molar-refractivity contribution in [3.63, 3.8) is 0 Å². The van der Waals surface area contributed by atoms with Crippen molar-refractivity contribution < 1.29 is 13.2 Å². The molecule has 0 aromatic carbocycles. The molecule has 0 aliphatic heterocycles. The predicted molar refractivity (Wildman–Crippen MR) is 70.2 cm³/mol. The molecule has 0 saturated heterocycles. The van der Waals surface area contributed by atoms with Gasteiger partial charge in [0.15, 0.2) is 0 Å². The van der Waals surface area contributed by atoms with Crippen molar-refractivity contribution in [1.82, 2.24) is 25.2 Å². The zero-order valence-electron chi connectivity index (χ0n) is 11.9. The summed E-state index contributed by atoms with van der Waals surface area (Å²) in [5.74, 6) is 0. The first kappa shape index (κ1) is 16.9. The third kappa shape index (κ3) is 6.85. The number of nitrogens with one attached hydrogen (secondary N) is 1. The van der Waals surface area contributed by atoms with Crippen LogP contribution in [0.5, 0.6) is 0 Å². The van der Waals surface area contributed by atoms with E-state index < -0.39 is 12.7 Å². The SMILES string of the molecule is CCCNCc1cn(CCN(CC)CC(F)(F)F)nn1. The Morgan fingerprint density at radius 1 is 1.35 bits per heavy atom. The van der Waals surface area contributed by atoms with E-state index in [9.17, 15) is 13.2 Å². The van der Waals surface area contributed by atoms with E-state index in [0.29, 0.717) is 26.2 Å². The van der Waals surface area contributed by atoms with E-state index in [2.05, 4.69) is 22.6 Å². The van der Waals surface area contributed by atoms with Gasteiger partial charge in [-0.1, -0.05) is 19.1 Å². The summed E-state index contributed by atoms with van der Waals surface area (Å²) >= 11 is 0. The molecule has 0 radical (unpaired) electrons. The molecule has 0 aliphatic carbocycles. The van der Waals surface area contributed by atoms with Crippen LogP contribution in [-0.2, 0) is 13.1 Å². The minimum Gasteiger partial charge on any atom is -0.311 e. The summed E-state index contributed by atoms with van der Waals surface area (Å²) in [6, 6.07) is 0. The molecule has 0 amide bonds. The third-order valence-corrected chi connectivity index (χ3v) is 2.81. The maximum atomic E-state index is 12.3. The van der Waals surface area contributed by atoms with Crippen LogP contribution in [0.2, 0.25) is 0 Å². The van der Waals surface area contributed by atoms with Crippen molar-refractivity contribution in [2.24, 2.45) is 0 Å². The van der Waals surface area contributed by atoms with Crippen LogP contribution < -0.4 is 5.32 Å². The molecular formula is C12H22F3N5. The first-order valence-corrected chi connectivity index (χ1v) is 6.83. The van der Waals surface area contributed by atoms with Gasteiger partial charge in [-0.2, -0.15) is 13.2 Å². The van der Waals surface area contributed by atoms with E-state index in [0.717, 1.165) is 18.7 Å². The van der Waals surface area contributed by atoms with E-state index in [1.54, 1.807) is 17.8 Å². The van der Waals surface area contributed by atoms with Crippen LogP contribution in [0.1, 0.15) is 26.0 Å². The molecule has 5 nitrogen and oxygen atoms in total. The first-order valence-electron chi connectivity index (χ1n) is 6.83. The first-order chi connectivity index (χ1) is 9.44. The molecule has 0 fully saturated rings. The van der Waals surface area contributed by atoms with Gasteiger partial charge >= 0.3 is 6.18 Å². The number of halogens is 3. The summed E-state index contributed by atoms with van der Waals surface area (Å²) in [6.07, 6.45) is -1.35. The van der Waals surface area contributed by atoms with Crippen LogP contribution in [0.4, 0.5) is 13.2 Å². The fourth-order valence-electron chi connectivity index (χ4n) is 1.77. The van der Waals surface area contributed by atoms with E-state index in [1.165, 1.54) is 4.90 Å². The van der Waals surface area contributed by atoms with Crippen LogP contribution in [0.25, 0.3) is 0 Å². The van der Waals surface area contributed by atoms with Crippen LogP contribution >= 0.6 is 0 Å². The molecule has 8 heteroatoms. The summed E-state index contributed by atoms with van der Waals surface area (Å²) in [4.78, 5) is 1.34. The fraction of sp³-hybridized carbons (Fsp3) is 0.833. The summed E-state index contributed by atoms with van der Waals surface area (Å²) in [5, 5.41) is 11.1. The second kappa shape index (κ2) is 8.21. The highest BCUT2D eigenvalue weighted by Crippen LogP contribution is 2.16. The minimum absolute atomic E-state index is 0.307. The van der Waals surface area contributed by atoms with Crippen molar-refractivity contribution in [2.75, 3.05) is 26.2 Å². The van der Waals surface area contributed by atoms with Crippen molar-refractivity contribution in [3.05, 3.63) is 11.9 Å². The highest BCUT2D eigenvalue weighted by atomic mass is 19.4. The summed E-state index contributed by atoms with van der Waals surface area (Å²) in [6.45, 7) is 5.51. The van der Waals surface area contributed by atoms with Gasteiger partial charge in [-0.05, 0) is 19.5 Å². The average molecular weight is 293 g/mol. The predicted octanol–water partition coefficient (Wildman–Crippen LogP) is 1.66. The van der Waals surface area contributed by atoms with Crippen LogP contribution in [0.15, 0.2) is 6.20 Å². The lowest BCUT2D eigenvalue weighted by atomic mass is 10.4. The van der Waals surface area contributed by atoms with Gasteiger partial charge in [0.2, 0.25) is 0 Å². The normalized spacial score (nSPS) is 12.3. The Morgan fingerprint density at radius 2 is 2.10 bits per heavy atom. The monoisotopic (exact) mass is 293 g/mol. The molecule has 0 aliphatic rings. The standard InChI is InChI=1S/C12H22F3N5/c1-3-5-16-8-11-9-20(18-17-11)7-6-19(4-2)10-12(13,14)15/h9,16H,3-8,10H2,1-2H3. The number of nitrogens with zero attached hydrogens (tertiary/aromatic N) is 4. The molecule has 0 bridgehead atoms. The Balaban J connectivity index is 2.36. The van der Waals surface area contributed by atoms with Crippen molar-refractivity contribution in [2.45, 2.75) is 39.5 Å². The Kier molecular flexibility index (Phi) is 6.94.